The molecule has 1 aliphatic rings. The van der Waals surface area contributed by atoms with Crippen LogP contribution in [0.5, 0.6) is 11.5 Å². The molecule has 1 saturated heterocycles. The van der Waals surface area contributed by atoms with Crippen LogP contribution in [0.2, 0.25) is 0 Å². The SMILES string of the molecule is O=c1oc2c(c(O)c1Sc1ccccc1F)c(=O)n(-c1ccccc1)c1cc(OC[C@@H]3CO3)ccc21. The first-order valence-corrected chi connectivity index (χ1v) is 11.9. The normalized spacial score (nSPS) is 14.9. The highest BCUT2D eigenvalue weighted by molar-refractivity contribution is 7.99. The predicted octanol–water partition coefficient (Wildman–Crippen LogP) is 4.87. The molecule has 5 aromatic rings. The average molecular weight is 504 g/mol. The van der Waals surface area contributed by atoms with Crippen molar-refractivity contribution in [3.63, 3.8) is 0 Å². The number of pyridine rings is 1. The van der Waals surface area contributed by atoms with Crippen molar-refractivity contribution >= 4 is 33.6 Å². The van der Waals surface area contributed by atoms with Crippen molar-refractivity contribution < 1.29 is 23.4 Å². The minimum Gasteiger partial charge on any atom is -0.505 e. The summed E-state index contributed by atoms with van der Waals surface area (Å²) in [5.41, 5.74) is -0.545. The molecular weight excluding hydrogens is 485 g/mol. The highest BCUT2D eigenvalue weighted by Gasteiger charge is 2.25. The summed E-state index contributed by atoms with van der Waals surface area (Å²) in [6, 6.07) is 19.8. The fraction of sp³-hybridized carbons (Fsp3) is 0.111. The summed E-state index contributed by atoms with van der Waals surface area (Å²) in [7, 11) is 0. The van der Waals surface area contributed by atoms with E-state index in [0.717, 1.165) is 0 Å². The van der Waals surface area contributed by atoms with Crippen LogP contribution >= 0.6 is 11.8 Å². The molecule has 1 fully saturated rings. The summed E-state index contributed by atoms with van der Waals surface area (Å²) >= 11 is 0.704. The van der Waals surface area contributed by atoms with E-state index in [-0.39, 0.29) is 26.9 Å². The van der Waals surface area contributed by atoms with Crippen molar-refractivity contribution in [3.05, 3.63) is 99.4 Å². The standard InChI is InChI=1S/C27H18FNO6S/c28-19-8-4-5-9-21(19)36-25-23(30)22-24(35-27(25)32)18-11-10-16(33-13-17-14-34-17)12-20(18)29(26(22)31)15-6-2-1-3-7-15/h1-12,17,30H,13-14H2/t17-/m1/s1. The number of rotatable bonds is 6. The lowest BCUT2D eigenvalue weighted by Crippen LogP contribution is -2.21. The van der Waals surface area contributed by atoms with E-state index in [1.54, 1.807) is 48.5 Å². The minimum atomic E-state index is -0.877. The Bertz CT molecular complexity index is 1740. The molecule has 0 unspecified atom stereocenters. The summed E-state index contributed by atoms with van der Waals surface area (Å²) in [5, 5.41) is 11.4. The monoisotopic (exact) mass is 503 g/mol. The number of hydrogen-bond donors (Lipinski definition) is 1. The van der Waals surface area contributed by atoms with Crippen LogP contribution in [0.3, 0.4) is 0 Å². The third-order valence-corrected chi connectivity index (χ3v) is 6.95. The number of epoxide rings is 1. The molecule has 3 aromatic carbocycles. The van der Waals surface area contributed by atoms with Gasteiger partial charge in [-0.05, 0) is 36.4 Å². The highest BCUT2D eigenvalue weighted by Crippen LogP contribution is 2.38. The molecule has 9 heteroatoms. The molecule has 6 rings (SSSR count). The van der Waals surface area contributed by atoms with Gasteiger partial charge in [0.25, 0.3) is 5.56 Å². The number of benzene rings is 3. The first kappa shape index (κ1) is 22.4. The molecule has 36 heavy (non-hydrogen) atoms. The van der Waals surface area contributed by atoms with Gasteiger partial charge in [0.15, 0.2) is 11.3 Å². The third kappa shape index (κ3) is 3.92. The van der Waals surface area contributed by atoms with Gasteiger partial charge in [-0.1, -0.05) is 42.1 Å². The number of hydrogen-bond acceptors (Lipinski definition) is 7. The van der Waals surface area contributed by atoms with Crippen LogP contribution in [0.4, 0.5) is 4.39 Å². The lowest BCUT2D eigenvalue weighted by atomic mass is 10.1. The van der Waals surface area contributed by atoms with Gasteiger partial charge in [0, 0.05) is 22.0 Å². The second-order valence-electron chi connectivity index (χ2n) is 8.23. The first-order chi connectivity index (χ1) is 17.5. The maximum Gasteiger partial charge on any atom is 0.354 e. The van der Waals surface area contributed by atoms with Gasteiger partial charge in [0.05, 0.1) is 12.1 Å². The smallest absolute Gasteiger partial charge is 0.354 e. The second-order valence-corrected chi connectivity index (χ2v) is 9.28. The van der Waals surface area contributed by atoms with Crippen LogP contribution in [-0.2, 0) is 4.74 Å². The second kappa shape index (κ2) is 8.85. The Labute approximate surface area is 207 Å². The Morgan fingerprint density at radius 2 is 1.81 bits per heavy atom. The number of halogens is 1. The highest BCUT2D eigenvalue weighted by atomic mass is 32.2. The molecule has 0 spiro atoms. The van der Waals surface area contributed by atoms with Gasteiger partial charge in [-0.3, -0.25) is 9.36 Å². The fourth-order valence-corrected chi connectivity index (χ4v) is 4.87. The Kier molecular flexibility index (Phi) is 5.50. The van der Waals surface area contributed by atoms with E-state index in [0.29, 0.717) is 47.3 Å². The zero-order chi connectivity index (χ0) is 24.8. The lowest BCUT2D eigenvalue weighted by Gasteiger charge is -2.15. The number of ether oxygens (including phenoxy) is 2. The Morgan fingerprint density at radius 3 is 2.56 bits per heavy atom. The van der Waals surface area contributed by atoms with Crippen LogP contribution in [-0.4, -0.2) is 29.0 Å². The molecule has 0 aliphatic carbocycles. The Balaban J connectivity index is 1.62. The van der Waals surface area contributed by atoms with Crippen molar-refractivity contribution in [2.75, 3.05) is 13.2 Å². The molecule has 1 atom stereocenters. The third-order valence-electron chi connectivity index (χ3n) is 5.83. The summed E-state index contributed by atoms with van der Waals surface area (Å²) in [4.78, 5) is 26.6. The number of nitrogens with zero attached hydrogens (tertiary/aromatic N) is 1. The summed E-state index contributed by atoms with van der Waals surface area (Å²) in [6.45, 7) is 1.02. The summed E-state index contributed by atoms with van der Waals surface area (Å²) in [6.07, 6.45) is 0.0500. The number of fused-ring (bicyclic) bond motifs is 3. The van der Waals surface area contributed by atoms with Crippen LogP contribution in [0.15, 0.2) is 96.6 Å². The zero-order valence-corrected chi connectivity index (χ0v) is 19.5. The molecule has 0 saturated carbocycles. The van der Waals surface area contributed by atoms with Crippen LogP contribution in [0.25, 0.3) is 27.6 Å². The lowest BCUT2D eigenvalue weighted by molar-refractivity contribution is 0.263. The molecule has 0 radical (unpaired) electrons. The topological polar surface area (TPSA) is 94.2 Å². The van der Waals surface area contributed by atoms with E-state index >= 15 is 0 Å². The van der Waals surface area contributed by atoms with Gasteiger partial charge < -0.3 is 19.0 Å². The fourth-order valence-electron chi connectivity index (χ4n) is 4.01. The predicted molar refractivity (Wildman–Crippen MR) is 133 cm³/mol. The van der Waals surface area contributed by atoms with E-state index in [4.69, 9.17) is 13.9 Å². The summed E-state index contributed by atoms with van der Waals surface area (Å²) in [5.74, 6) is -0.609. The van der Waals surface area contributed by atoms with Gasteiger partial charge in [-0.2, -0.15) is 0 Å². The largest absolute Gasteiger partial charge is 0.505 e. The van der Waals surface area contributed by atoms with Crippen molar-refractivity contribution in [3.8, 4) is 17.2 Å². The maximum absolute atomic E-state index is 14.3. The zero-order valence-electron chi connectivity index (χ0n) is 18.6. The molecular formula is C27H18FNO6S. The summed E-state index contributed by atoms with van der Waals surface area (Å²) < 4.78 is 32.3. The quantitative estimate of drug-likeness (QED) is 0.261. The molecule has 180 valence electrons. The van der Waals surface area contributed by atoms with Crippen molar-refractivity contribution in [1.29, 1.82) is 0 Å². The number of aromatic hydroxyl groups is 1. The van der Waals surface area contributed by atoms with E-state index in [2.05, 4.69) is 0 Å². The first-order valence-electron chi connectivity index (χ1n) is 11.1. The van der Waals surface area contributed by atoms with E-state index in [9.17, 15) is 19.1 Å². The van der Waals surface area contributed by atoms with Gasteiger partial charge in [-0.25, -0.2) is 9.18 Å². The molecule has 3 heterocycles. The molecule has 1 aliphatic heterocycles. The van der Waals surface area contributed by atoms with Gasteiger partial charge in [0.2, 0.25) is 0 Å². The Hall–Kier alpha value is -4.08. The molecule has 0 bridgehead atoms. The van der Waals surface area contributed by atoms with Crippen molar-refractivity contribution in [2.24, 2.45) is 0 Å². The Morgan fingerprint density at radius 1 is 1.06 bits per heavy atom. The van der Waals surface area contributed by atoms with Gasteiger partial charge in [-0.15, -0.1) is 0 Å². The minimum absolute atomic E-state index is 0.0500. The maximum atomic E-state index is 14.3. The van der Waals surface area contributed by atoms with Crippen LogP contribution in [0, 0.1) is 5.82 Å². The average Bonchev–Trinajstić information content (AvgIpc) is 3.71. The van der Waals surface area contributed by atoms with E-state index in [1.807, 2.05) is 6.07 Å². The molecule has 7 nitrogen and oxygen atoms in total. The van der Waals surface area contributed by atoms with Crippen molar-refractivity contribution in [1.82, 2.24) is 4.57 Å². The number of aromatic nitrogens is 1. The van der Waals surface area contributed by atoms with Crippen LogP contribution in [0.1, 0.15) is 0 Å². The van der Waals surface area contributed by atoms with Crippen molar-refractivity contribution in [2.45, 2.75) is 15.9 Å². The molecule has 0 amide bonds. The van der Waals surface area contributed by atoms with Gasteiger partial charge in [0.1, 0.15) is 34.6 Å². The van der Waals surface area contributed by atoms with Crippen LogP contribution < -0.4 is 15.9 Å². The number of para-hydroxylation sites is 1. The molecule has 2 aromatic heterocycles. The van der Waals surface area contributed by atoms with E-state index in [1.165, 1.54) is 22.8 Å². The molecule has 1 N–H and O–H groups in total. The van der Waals surface area contributed by atoms with Gasteiger partial charge >= 0.3 is 5.63 Å². The van der Waals surface area contributed by atoms with E-state index < -0.39 is 22.8 Å².